The highest BCUT2D eigenvalue weighted by Gasteiger charge is 2.27. The van der Waals surface area contributed by atoms with E-state index in [9.17, 15) is 5.11 Å². The van der Waals surface area contributed by atoms with Gasteiger partial charge in [0, 0.05) is 63.3 Å². The Morgan fingerprint density at radius 1 is 1.15 bits per heavy atom. The van der Waals surface area contributed by atoms with Crippen molar-refractivity contribution in [3.05, 3.63) is 53.3 Å². The Kier molecular flexibility index (Phi) is 7.02. The minimum Gasteiger partial charge on any atom is -0.396 e. The fourth-order valence-corrected chi connectivity index (χ4v) is 3.84. The number of aromatic nitrogens is 2. The molecule has 1 fully saturated rings. The molecule has 1 N–H and O–H groups in total. The lowest BCUT2D eigenvalue weighted by atomic mass is 10.0. The number of hydrogen-bond acceptors (Lipinski definition) is 6. The van der Waals surface area contributed by atoms with Crippen molar-refractivity contribution in [2.45, 2.75) is 37.6 Å². The minimum atomic E-state index is 0.230. The van der Waals surface area contributed by atoms with Crippen LogP contribution >= 0.6 is 11.8 Å². The van der Waals surface area contributed by atoms with Crippen LogP contribution in [-0.2, 0) is 13.1 Å². The quantitative estimate of drug-likeness (QED) is 0.596. The summed E-state index contributed by atoms with van der Waals surface area (Å²) in [4.78, 5) is 13.7. The van der Waals surface area contributed by atoms with E-state index in [1.165, 1.54) is 11.1 Å². The van der Waals surface area contributed by atoms with E-state index in [-0.39, 0.29) is 6.61 Å². The average Bonchev–Trinajstić information content (AvgIpc) is 2.66. The van der Waals surface area contributed by atoms with Crippen LogP contribution < -0.4 is 0 Å². The molecule has 2 aromatic rings. The highest BCUT2D eigenvalue weighted by Crippen LogP contribution is 2.20. The summed E-state index contributed by atoms with van der Waals surface area (Å²) in [6, 6.07) is 8.96. The average molecular weight is 373 g/mol. The summed E-state index contributed by atoms with van der Waals surface area (Å²) < 4.78 is 0. The van der Waals surface area contributed by atoms with Gasteiger partial charge in [-0.15, -0.1) is 0 Å². The van der Waals surface area contributed by atoms with Gasteiger partial charge in [-0.1, -0.05) is 36.0 Å². The molecule has 1 atom stereocenters. The van der Waals surface area contributed by atoms with Crippen LogP contribution in [0.25, 0.3) is 0 Å². The molecule has 1 aromatic carbocycles. The highest BCUT2D eigenvalue weighted by atomic mass is 32.2. The van der Waals surface area contributed by atoms with Crippen LogP contribution in [0.4, 0.5) is 0 Å². The summed E-state index contributed by atoms with van der Waals surface area (Å²) in [5, 5.41) is 10.3. The van der Waals surface area contributed by atoms with Crippen LogP contribution in [0.15, 0.2) is 41.8 Å². The molecule has 140 valence electrons. The number of rotatable bonds is 7. The molecule has 2 heterocycles. The summed E-state index contributed by atoms with van der Waals surface area (Å²) in [5.41, 5.74) is 3.87. The molecule has 1 saturated heterocycles. The van der Waals surface area contributed by atoms with Crippen molar-refractivity contribution >= 4 is 11.8 Å². The zero-order chi connectivity index (χ0) is 18.4. The van der Waals surface area contributed by atoms with Crippen molar-refractivity contribution in [2.24, 2.45) is 0 Å². The molecule has 0 radical (unpaired) electrons. The fraction of sp³-hybridized carbons (Fsp3) is 0.500. The van der Waals surface area contributed by atoms with Gasteiger partial charge in [-0.05, 0) is 30.7 Å². The first-order chi connectivity index (χ1) is 12.7. The van der Waals surface area contributed by atoms with Gasteiger partial charge in [0.05, 0.1) is 0 Å². The van der Waals surface area contributed by atoms with E-state index in [1.54, 1.807) is 11.8 Å². The normalized spacial score (nSPS) is 19.0. The topological polar surface area (TPSA) is 52.5 Å². The predicted molar refractivity (Wildman–Crippen MR) is 106 cm³/mol. The van der Waals surface area contributed by atoms with E-state index in [1.807, 2.05) is 18.6 Å². The Hall–Kier alpha value is -1.47. The van der Waals surface area contributed by atoms with Gasteiger partial charge in [0.1, 0.15) is 0 Å². The minimum absolute atomic E-state index is 0.230. The summed E-state index contributed by atoms with van der Waals surface area (Å²) in [7, 11) is 0. The number of thioether (sulfide) groups is 1. The Bertz CT molecular complexity index is 694. The van der Waals surface area contributed by atoms with Crippen LogP contribution in [-0.4, -0.2) is 63.4 Å². The zero-order valence-electron chi connectivity index (χ0n) is 15.6. The lowest BCUT2D eigenvalue weighted by molar-refractivity contribution is 0.0497. The number of piperazine rings is 1. The molecule has 1 aliphatic heterocycles. The SMILES string of the molecule is CSc1ncc(CN2CCN(Cc3ccccc3C)[C@H](CCO)C2)cn1. The van der Waals surface area contributed by atoms with E-state index < -0.39 is 0 Å². The van der Waals surface area contributed by atoms with Gasteiger partial charge in [0.25, 0.3) is 0 Å². The van der Waals surface area contributed by atoms with Gasteiger partial charge in [0.15, 0.2) is 5.16 Å². The molecule has 0 spiro atoms. The molecule has 0 amide bonds. The first kappa shape index (κ1) is 19.3. The maximum atomic E-state index is 9.52. The summed E-state index contributed by atoms with van der Waals surface area (Å²) in [6.07, 6.45) is 6.66. The molecule has 0 unspecified atom stereocenters. The second-order valence-electron chi connectivity index (χ2n) is 6.88. The molecule has 26 heavy (non-hydrogen) atoms. The second-order valence-corrected chi connectivity index (χ2v) is 7.65. The maximum Gasteiger partial charge on any atom is 0.187 e. The third-order valence-electron chi connectivity index (χ3n) is 5.06. The highest BCUT2D eigenvalue weighted by molar-refractivity contribution is 7.98. The fourth-order valence-electron chi connectivity index (χ4n) is 3.53. The number of benzene rings is 1. The number of aryl methyl sites for hydroxylation is 1. The van der Waals surface area contributed by atoms with E-state index >= 15 is 0 Å². The van der Waals surface area contributed by atoms with Crippen LogP contribution in [0.2, 0.25) is 0 Å². The summed E-state index contributed by atoms with van der Waals surface area (Å²) in [6.45, 7) is 7.24. The van der Waals surface area contributed by atoms with Gasteiger partial charge < -0.3 is 5.11 Å². The molecular formula is C20H28N4OS. The summed E-state index contributed by atoms with van der Waals surface area (Å²) in [5.74, 6) is 0. The number of hydrogen-bond donors (Lipinski definition) is 1. The van der Waals surface area contributed by atoms with Crippen molar-refractivity contribution < 1.29 is 5.11 Å². The van der Waals surface area contributed by atoms with E-state index in [0.717, 1.165) is 49.9 Å². The lowest BCUT2D eigenvalue weighted by Crippen LogP contribution is -2.52. The zero-order valence-corrected chi connectivity index (χ0v) is 16.5. The van der Waals surface area contributed by atoms with Crippen molar-refractivity contribution in [3.8, 4) is 0 Å². The van der Waals surface area contributed by atoms with Gasteiger partial charge in [-0.2, -0.15) is 0 Å². The van der Waals surface area contributed by atoms with E-state index in [2.05, 4.69) is 51.0 Å². The Morgan fingerprint density at radius 2 is 1.92 bits per heavy atom. The first-order valence-electron chi connectivity index (χ1n) is 9.16. The van der Waals surface area contributed by atoms with Gasteiger partial charge >= 0.3 is 0 Å². The molecule has 0 aliphatic carbocycles. The standard InChI is InChI=1S/C20H28N4OS/c1-16-5-3-4-6-18(16)14-24-9-8-23(15-19(24)7-10-25)13-17-11-21-20(26-2)22-12-17/h3-6,11-12,19,25H,7-10,13-15H2,1-2H3/t19-/m1/s1. The third-order valence-corrected chi connectivity index (χ3v) is 5.63. The van der Waals surface area contributed by atoms with Crippen molar-refractivity contribution in [1.29, 1.82) is 0 Å². The maximum absolute atomic E-state index is 9.52. The Balaban J connectivity index is 1.62. The van der Waals surface area contributed by atoms with Crippen LogP contribution in [0.1, 0.15) is 23.1 Å². The van der Waals surface area contributed by atoms with Gasteiger partial charge in [-0.25, -0.2) is 9.97 Å². The first-order valence-corrected chi connectivity index (χ1v) is 10.4. The van der Waals surface area contributed by atoms with Crippen molar-refractivity contribution in [3.63, 3.8) is 0 Å². The number of nitrogens with zero attached hydrogens (tertiary/aromatic N) is 4. The molecule has 3 rings (SSSR count). The monoisotopic (exact) mass is 372 g/mol. The molecule has 0 saturated carbocycles. The Morgan fingerprint density at radius 3 is 2.62 bits per heavy atom. The molecule has 0 bridgehead atoms. The largest absolute Gasteiger partial charge is 0.396 e. The van der Waals surface area contributed by atoms with Crippen molar-refractivity contribution in [2.75, 3.05) is 32.5 Å². The van der Waals surface area contributed by atoms with E-state index in [4.69, 9.17) is 0 Å². The molecule has 1 aromatic heterocycles. The second kappa shape index (κ2) is 9.46. The molecule has 1 aliphatic rings. The molecule has 6 heteroatoms. The van der Waals surface area contributed by atoms with Crippen LogP contribution in [0, 0.1) is 6.92 Å². The Labute approximate surface area is 160 Å². The third kappa shape index (κ3) is 5.04. The summed E-state index contributed by atoms with van der Waals surface area (Å²) >= 11 is 1.56. The molecular weight excluding hydrogens is 344 g/mol. The smallest absolute Gasteiger partial charge is 0.187 e. The van der Waals surface area contributed by atoms with Crippen LogP contribution in [0.5, 0.6) is 0 Å². The molecule has 5 nitrogen and oxygen atoms in total. The van der Waals surface area contributed by atoms with E-state index in [0.29, 0.717) is 6.04 Å². The van der Waals surface area contributed by atoms with Gasteiger partial charge in [0.2, 0.25) is 0 Å². The predicted octanol–water partition coefficient (Wildman–Crippen LogP) is 2.58. The number of aliphatic hydroxyl groups is 1. The lowest BCUT2D eigenvalue weighted by Gasteiger charge is -2.41. The van der Waals surface area contributed by atoms with Crippen molar-refractivity contribution in [1.82, 2.24) is 19.8 Å². The van der Waals surface area contributed by atoms with Gasteiger partial charge in [-0.3, -0.25) is 9.80 Å². The van der Waals surface area contributed by atoms with Crippen LogP contribution in [0.3, 0.4) is 0 Å². The number of aliphatic hydroxyl groups excluding tert-OH is 1.